The van der Waals surface area contributed by atoms with Crippen LogP contribution in [0, 0.1) is 5.82 Å². The first-order valence-electron chi connectivity index (χ1n) is 9.63. The van der Waals surface area contributed by atoms with Crippen molar-refractivity contribution in [3.8, 4) is 0 Å². The average molecular weight is 377 g/mol. The summed E-state index contributed by atoms with van der Waals surface area (Å²) < 4.78 is 19.1. The van der Waals surface area contributed by atoms with Gasteiger partial charge in [-0.25, -0.2) is 4.39 Å². The van der Waals surface area contributed by atoms with Crippen LogP contribution < -0.4 is 0 Å². The minimum Gasteiger partial charge on any atom is -0.379 e. The van der Waals surface area contributed by atoms with E-state index in [-0.39, 0.29) is 30.1 Å². The number of nitrogens with zero attached hydrogens (tertiary/aromatic N) is 3. The third kappa shape index (κ3) is 5.26. The normalized spacial score (nSPS) is 20.7. The summed E-state index contributed by atoms with van der Waals surface area (Å²) in [7, 11) is 0. The second-order valence-electron chi connectivity index (χ2n) is 7.22. The Bertz CT molecular complexity index is 664. The molecule has 0 bridgehead atoms. The number of likely N-dealkylation sites (tertiary alicyclic amines) is 1. The van der Waals surface area contributed by atoms with Crippen LogP contribution in [0.3, 0.4) is 0 Å². The largest absolute Gasteiger partial charge is 0.379 e. The Hall–Kier alpha value is -1.99. The van der Waals surface area contributed by atoms with E-state index in [4.69, 9.17) is 4.74 Å². The summed E-state index contributed by atoms with van der Waals surface area (Å²) in [6, 6.07) is 6.41. The Kier molecular flexibility index (Phi) is 6.79. The topological polar surface area (TPSA) is 53.1 Å². The third-order valence-electron chi connectivity index (χ3n) is 5.42. The van der Waals surface area contributed by atoms with Crippen LogP contribution in [-0.2, 0) is 20.7 Å². The van der Waals surface area contributed by atoms with Crippen molar-refractivity contribution in [1.82, 2.24) is 14.7 Å². The lowest BCUT2D eigenvalue weighted by atomic mass is 10.1. The van der Waals surface area contributed by atoms with Gasteiger partial charge in [0.05, 0.1) is 25.7 Å². The van der Waals surface area contributed by atoms with Gasteiger partial charge in [0, 0.05) is 46.2 Å². The number of morpholine rings is 1. The van der Waals surface area contributed by atoms with Crippen molar-refractivity contribution in [3.05, 3.63) is 35.6 Å². The number of hydrogen-bond acceptors (Lipinski definition) is 4. The Balaban J connectivity index is 1.53. The lowest BCUT2D eigenvalue weighted by Crippen LogP contribution is -2.47. The van der Waals surface area contributed by atoms with Gasteiger partial charge in [-0.15, -0.1) is 0 Å². The number of rotatable bonds is 6. The van der Waals surface area contributed by atoms with Gasteiger partial charge in [0.2, 0.25) is 11.8 Å². The molecule has 2 amide bonds. The molecule has 0 spiro atoms. The zero-order chi connectivity index (χ0) is 19.2. The molecule has 0 N–H and O–H groups in total. The highest BCUT2D eigenvalue weighted by Crippen LogP contribution is 2.18. The fraction of sp³-hybridized carbons (Fsp3) is 0.600. The summed E-state index contributed by atoms with van der Waals surface area (Å²) in [5.41, 5.74) is 0.418. The van der Waals surface area contributed by atoms with E-state index in [2.05, 4.69) is 4.90 Å². The minimum absolute atomic E-state index is 0.0353. The van der Waals surface area contributed by atoms with Crippen LogP contribution in [0.4, 0.5) is 4.39 Å². The number of hydrogen-bond donors (Lipinski definition) is 0. The molecule has 27 heavy (non-hydrogen) atoms. The highest BCUT2D eigenvalue weighted by atomic mass is 19.1. The van der Waals surface area contributed by atoms with Gasteiger partial charge in [-0.3, -0.25) is 14.5 Å². The molecule has 2 aliphatic heterocycles. The molecule has 3 rings (SSSR count). The van der Waals surface area contributed by atoms with Crippen LogP contribution in [0.25, 0.3) is 0 Å². The first-order valence-corrected chi connectivity index (χ1v) is 9.63. The molecule has 1 aromatic rings. The SMILES string of the molecule is CC(=O)N(CCN1CCOCC1)C1CCN(C(=O)Cc2ccccc2F)C1. The number of halogens is 1. The van der Waals surface area contributed by atoms with Crippen molar-refractivity contribution in [2.24, 2.45) is 0 Å². The van der Waals surface area contributed by atoms with E-state index in [1.54, 1.807) is 30.0 Å². The van der Waals surface area contributed by atoms with Crippen molar-refractivity contribution in [1.29, 1.82) is 0 Å². The predicted molar refractivity (Wildman–Crippen MR) is 99.7 cm³/mol. The van der Waals surface area contributed by atoms with E-state index < -0.39 is 0 Å². The second-order valence-corrected chi connectivity index (χ2v) is 7.22. The molecule has 7 heteroatoms. The molecule has 2 fully saturated rings. The molecule has 0 saturated carbocycles. The first-order chi connectivity index (χ1) is 13.0. The second kappa shape index (κ2) is 9.28. The number of carbonyl (C=O) groups is 2. The molecule has 0 aromatic heterocycles. The molecule has 1 aromatic carbocycles. The van der Waals surface area contributed by atoms with Crippen LogP contribution in [0.2, 0.25) is 0 Å². The van der Waals surface area contributed by atoms with Gasteiger partial charge in [0.15, 0.2) is 0 Å². The van der Waals surface area contributed by atoms with Crippen LogP contribution >= 0.6 is 0 Å². The summed E-state index contributed by atoms with van der Waals surface area (Å²) in [4.78, 5) is 30.6. The summed E-state index contributed by atoms with van der Waals surface area (Å²) >= 11 is 0. The van der Waals surface area contributed by atoms with Crippen molar-refractivity contribution < 1.29 is 18.7 Å². The monoisotopic (exact) mass is 377 g/mol. The smallest absolute Gasteiger partial charge is 0.227 e. The molecule has 0 radical (unpaired) electrons. The fourth-order valence-electron chi connectivity index (χ4n) is 3.81. The molecule has 148 valence electrons. The Labute approximate surface area is 159 Å². The maximum absolute atomic E-state index is 13.8. The standard InChI is InChI=1S/C20H28FN3O3/c1-16(25)24(9-8-22-10-12-27-13-11-22)18-6-7-23(15-18)20(26)14-17-4-2-3-5-19(17)21/h2-5,18H,6-15H2,1H3. The number of benzene rings is 1. The van der Waals surface area contributed by atoms with Crippen molar-refractivity contribution in [2.75, 3.05) is 52.5 Å². The lowest BCUT2D eigenvalue weighted by molar-refractivity contribution is -0.133. The van der Waals surface area contributed by atoms with E-state index in [0.29, 0.717) is 25.2 Å². The molecule has 0 aliphatic carbocycles. The quantitative estimate of drug-likeness (QED) is 0.746. The molecule has 1 unspecified atom stereocenters. The van der Waals surface area contributed by atoms with Gasteiger partial charge in [0.1, 0.15) is 5.82 Å². The van der Waals surface area contributed by atoms with E-state index in [9.17, 15) is 14.0 Å². The van der Waals surface area contributed by atoms with Gasteiger partial charge in [0.25, 0.3) is 0 Å². The maximum Gasteiger partial charge on any atom is 0.227 e. The molecule has 2 saturated heterocycles. The van der Waals surface area contributed by atoms with Gasteiger partial charge in [-0.1, -0.05) is 18.2 Å². The average Bonchev–Trinajstić information content (AvgIpc) is 3.14. The van der Waals surface area contributed by atoms with E-state index in [0.717, 1.165) is 39.3 Å². The van der Waals surface area contributed by atoms with Crippen LogP contribution in [0.5, 0.6) is 0 Å². The van der Waals surface area contributed by atoms with Crippen LogP contribution in [-0.4, -0.2) is 85.0 Å². The van der Waals surface area contributed by atoms with Crippen LogP contribution in [0.15, 0.2) is 24.3 Å². The molecular weight excluding hydrogens is 349 g/mol. The zero-order valence-corrected chi connectivity index (χ0v) is 15.9. The zero-order valence-electron chi connectivity index (χ0n) is 15.9. The van der Waals surface area contributed by atoms with E-state index in [1.165, 1.54) is 6.07 Å². The molecular formula is C20H28FN3O3. The molecule has 1 atom stereocenters. The summed E-state index contributed by atoms with van der Waals surface area (Å²) in [5.74, 6) is -0.395. The maximum atomic E-state index is 13.8. The van der Waals surface area contributed by atoms with Gasteiger partial charge in [-0.2, -0.15) is 0 Å². The van der Waals surface area contributed by atoms with E-state index >= 15 is 0 Å². The number of ether oxygens (including phenoxy) is 1. The van der Waals surface area contributed by atoms with Gasteiger partial charge >= 0.3 is 0 Å². The molecule has 2 aliphatic rings. The number of carbonyl (C=O) groups excluding carboxylic acids is 2. The lowest BCUT2D eigenvalue weighted by Gasteiger charge is -2.32. The highest BCUT2D eigenvalue weighted by Gasteiger charge is 2.32. The van der Waals surface area contributed by atoms with Crippen molar-refractivity contribution in [2.45, 2.75) is 25.8 Å². The van der Waals surface area contributed by atoms with E-state index in [1.807, 2.05) is 4.90 Å². The Morgan fingerprint density at radius 3 is 2.67 bits per heavy atom. The molecule has 6 nitrogen and oxygen atoms in total. The van der Waals surface area contributed by atoms with Crippen molar-refractivity contribution in [3.63, 3.8) is 0 Å². The predicted octanol–water partition coefficient (Wildman–Crippen LogP) is 1.15. The number of amides is 2. The summed E-state index contributed by atoms with van der Waals surface area (Å²) in [5, 5.41) is 0. The molecule has 2 heterocycles. The Morgan fingerprint density at radius 1 is 1.22 bits per heavy atom. The Morgan fingerprint density at radius 2 is 1.96 bits per heavy atom. The van der Waals surface area contributed by atoms with Gasteiger partial charge < -0.3 is 14.5 Å². The van der Waals surface area contributed by atoms with Crippen LogP contribution in [0.1, 0.15) is 18.9 Å². The fourth-order valence-corrected chi connectivity index (χ4v) is 3.81. The van der Waals surface area contributed by atoms with Gasteiger partial charge in [-0.05, 0) is 18.1 Å². The minimum atomic E-state index is -0.350. The highest BCUT2D eigenvalue weighted by molar-refractivity contribution is 5.79. The first kappa shape index (κ1) is 19.8. The van der Waals surface area contributed by atoms with Crippen molar-refractivity contribution >= 4 is 11.8 Å². The summed E-state index contributed by atoms with van der Waals surface area (Å²) in [6.45, 7) is 7.47. The third-order valence-corrected chi connectivity index (χ3v) is 5.42. The summed E-state index contributed by atoms with van der Waals surface area (Å²) in [6.07, 6.45) is 0.832.